The van der Waals surface area contributed by atoms with Crippen LogP contribution in [0.25, 0.3) is 0 Å². The van der Waals surface area contributed by atoms with Crippen molar-refractivity contribution < 1.29 is 9.94 Å². The lowest BCUT2D eigenvalue weighted by Crippen LogP contribution is -1.98. The predicted octanol–water partition coefficient (Wildman–Crippen LogP) is 3.33. The summed E-state index contributed by atoms with van der Waals surface area (Å²) in [5.41, 5.74) is 1.31. The molecule has 3 nitrogen and oxygen atoms in total. The number of ether oxygens (including phenoxy) is 1. The number of rotatable bonds is 4. The van der Waals surface area contributed by atoms with Gasteiger partial charge in [0.15, 0.2) is 0 Å². The molecular weight excluding hydrogens is 214 g/mol. The number of halogens is 1. The second-order valence-electron chi connectivity index (χ2n) is 3.18. The van der Waals surface area contributed by atoms with Crippen molar-refractivity contribution in [2.75, 3.05) is 6.61 Å². The van der Waals surface area contributed by atoms with Crippen molar-refractivity contribution in [1.29, 1.82) is 0 Å². The van der Waals surface area contributed by atoms with Crippen molar-refractivity contribution in [1.82, 2.24) is 0 Å². The third-order valence-corrected chi connectivity index (χ3v) is 2.26. The van der Waals surface area contributed by atoms with E-state index in [4.69, 9.17) is 21.5 Å². The van der Waals surface area contributed by atoms with Crippen LogP contribution >= 0.6 is 11.6 Å². The van der Waals surface area contributed by atoms with Crippen LogP contribution in [0.5, 0.6) is 5.75 Å². The van der Waals surface area contributed by atoms with E-state index in [-0.39, 0.29) is 0 Å². The first-order valence-electron chi connectivity index (χ1n) is 4.80. The van der Waals surface area contributed by atoms with Gasteiger partial charge in [0.1, 0.15) is 5.75 Å². The van der Waals surface area contributed by atoms with Crippen molar-refractivity contribution in [3.05, 3.63) is 28.8 Å². The molecule has 1 rings (SSSR count). The highest BCUT2D eigenvalue weighted by atomic mass is 35.5. The summed E-state index contributed by atoms with van der Waals surface area (Å²) in [6.45, 7) is 4.38. The molecule has 0 fully saturated rings. The Morgan fingerprint density at radius 2 is 2.27 bits per heavy atom. The van der Waals surface area contributed by atoms with Gasteiger partial charge in [-0.1, -0.05) is 23.7 Å². The molecule has 0 amide bonds. The third kappa shape index (κ3) is 3.13. The van der Waals surface area contributed by atoms with Gasteiger partial charge in [0.2, 0.25) is 0 Å². The second-order valence-corrected chi connectivity index (χ2v) is 3.59. The van der Waals surface area contributed by atoms with E-state index in [1.807, 2.05) is 13.0 Å². The number of oxime groups is 1. The largest absolute Gasteiger partial charge is 0.492 e. The maximum absolute atomic E-state index is 8.60. The molecule has 0 aliphatic carbocycles. The average molecular weight is 228 g/mol. The van der Waals surface area contributed by atoms with Crippen LogP contribution < -0.4 is 4.74 Å². The standard InChI is InChI=1S/C11H14ClNO2/c1-3-6-15-11-5-4-9(7-10(11)12)8(2)13-14/h4-5,7,14H,3,6H2,1-2H3/b13-8+. The van der Waals surface area contributed by atoms with Gasteiger partial charge in [0.25, 0.3) is 0 Å². The molecule has 0 aliphatic heterocycles. The van der Waals surface area contributed by atoms with Crippen LogP contribution in [0, 0.1) is 0 Å². The predicted molar refractivity (Wildman–Crippen MR) is 61.2 cm³/mol. The summed E-state index contributed by atoms with van der Waals surface area (Å²) < 4.78 is 5.42. The Morgan fingerprint density at radius 1 is 1.53 bits per heavy atom. The molecule has 1 N–H and O–H groups in total. The van der Waals surface area contributed by atoms with Gasteiger partial charge >= 0.3 is 0 Å². The molecule has 0 heterocycles. The summed E-state index contributed by atoms with van der Waals surface area (Å²) in [4.78, 5) is 0. The van der Waals surface area contributed by atoms with Crippen LogP contribution in [-0.2, 0) is 0 Å². The molecular formula is C11H14ClNO2. The molecule has 0 unspecified atom stereocenters. The summed E-state index contributed by atoms with van der Waals surface area (Å²) in [5, 5.41) is 12.2. The fourth-order valence-electron chi connectivity index (χ4n) is 1.11. The highest BCUT2D eigenvalue weighted by molar-refractivity contribution is 6.32. The molecule has 82 valence electrons. The van der Waals surface area contributed by atoms with E-state index in [0.29, 0.717) is 23.1 Å². The lowest BCUT2D eigenvalue weighted by molar-refractivity contribution is 0.317. The molecule has 0 atom stereocenters. The summed E-state index contributed by atoms with van der Waals surface area (Å²) in [6.07, 6.45) is 0.940. The summed E-state index contributed by atoms with van der Waals surface area (Å²) in [7, 11) is 0. The first-order chi connectivity index (χ1) is 7.19. The lowest BCUT2D eigenvalue weighted by Gasteiger charge is -2.07. The number of hydrogen-bond acceptors (Lipinski definition) is 3. The summed E-state index contributed by atoms with van der Waals surface area (Å²) >= 11 is 6.00. The van der Waals surface area contributed by atoms with Gasteiger partial charge in [-0.05, 0) is 31.5 Å². The second kappa shape index (κ2) is 5.61. The van der Waals surface area contributed by atoms with E-state index in [1.54, 1.807) is 19.1 Å². The first kappa shape index (κ1) is 11.9. The topological polar surface area (TPSA) is 41.8 Å². The Labute approximate surface area is 94.3 Å². The Kier molecular flexibility index (Phi) is 4.43. The number of hydrogen-bond donors (Lipinski definition) is 1. The van der Waals surface area contributed by atoms with Gasteiger partial charge in [0.05, 0.1) is 17.3 Å². The highest BCUT2D eigenvalue weighted by Crippen LogP contribution is 2.25. The fraction of sp³-hybridized carbons (Fsp3) is 0.364. The molecule has 0 aliphatic rings. The van der Waals surface area contributed by atoms with Crippen molar-refractivity contribution in [2.24, 2.45) is 5.16 Å². The first-order valence-corrected chi connectivity index (χ1v) is 5.18. The SMILES string of the molecule is CCCOc1ccc(/C(C)=N/O)cc1Cl. The monoisotopic (exact) mass is 227 g/mol. The Balaban J connectivity index is 2.88. The maximum atomic E-state index is 8.60. The van der Waals surface area contributed by atoms with E-state index >= 15 is 0 Å². The molecule has 0 spiro atoms. The normalized spacial score (nSPS) is 11.5. The van der Waals surface area contributed by atoms with Crippen molar-refractivity contribution in [3.63, 3.8) is 0 Å². The minimum Gasteiger partial charge on any atom is -0.492 e. The molecule has 0 radical (unpaired) electrons. The molecule has 15 heavy (non-hydrogen) atoms. The van der Waals surface area contributed by atoms with Crippen LogP contribution in [0.4, 0.5) is 0 Å². The van der Waals surface area contributed by atoms with Gasteiger partial charge in [-0.25, -0.2) is 0 Å². The van der Waals surface area contributed by atoms with Crippen LogP contribution in [0.3, 0.4) is 0 Å². The van der Waals surface area contributed by atoms with E-state index in [2.05, 4.69) is 5.16 Å². The highest BCUT2D eigenvalue weighted by Gasteiger charge is 2.04. The van der Waals surface area contributed by atoms with Gasteiger partial charge in [0, 0.05) is 5.56 Å². The number of benzene rings is 1. The van der Waals surface area contributed by atoms with E-state index in [0.717, 1.165) is 12.0 Å². The van der Waals surface area contributed by atoms with Gasteiger partial charge in [-0.2, -0.15) is 0 Å². The smallest absolute Gasteiger partial charge is 0.137 e. The Bertz CT molecular complexity index is 364. The Hall–Kier alpha value is -1.22. The minimum atomic E-state index is 0.527. The van der Waals surface area contributed by atoms with Crippen LogP contribution in [0.2, 0.25) is 5.02 Å². The molecule has 0 aromatic heterocycles. The molecule has 1 aromatic carbocycles. The molecule has 0 bridgehead atoms. The van der Waals surface area contributed by atoms with Crippen molar-refractivity contribution >= 4 is 17.3 Å². The molecule has 0 saturated heterocycles. The number of nitrogens with zero attached hydrogens (tertiary/aromatic N) is 1. The van der Waals surface area contributed by atoms with Gasteiger partial charge in [-0.3, -0.25) is 0 Å². The zero-order valence-corrected chi connectivity index (χ0v) is 9.58. The van der Waals surface area contributed by atoms with Crippen LogP contribution in [-0.4, -0.2) is 17.5 Å². The fourth-order valence-corrected chi connectivity index (χ4v) is 1.35. The van der Waals surface area contributed by atoms with Gasteiger partial charge in [-0.15, -0.1) is 0 Å². The van der Waals surface area contributed by atoms with E-state index < -0.39 is 0 Å². The third-order valence-electron chi connectivity index (χ3n) is 1.96. The quantitative estimate of drug-likeness (QED) is 0.487. The molecule has 4 heteroatoms. The van der Waals surface area contributed by atoms with Crippen molar-refractivity contribution in [2.45, 2.75) is 20.3 Å². The zero-order valence-electron chi connectivity index (χ0n) is 8.83. The van der Waals surface area contributed by atoms with E-state index in [9.17, 15) is 0 Å². The van der Waals surface area contributed by atoms with Crippen molar-refractivity contribution in [3.8, 4) is 5.75 Å². The Morgan fingerprint density at radius 3 is 2.80 bits per heavy atom. The summed E-state index contributed by atoms with van der Waals surface area (Å²) in [5.74, 6) is 0.660. The molecule has 0 saturated carbocycles. The van der Waals surface area contributed by atoms with Crippen LogP contribution in [0.15, 0.2) is 23.4 Å². The van der Waals surface area contributed by atoms with E-state index in [1.165, 1.54) is 0 Å². The van der Waals surface area contributed by atoms with Crippen LogP contribution in [0.1, 0.15) is 25.8 Å². The maximum Gasteiger partial charge on any atom is 0.137 e. The lowest BCUT2D eigenvalue weighted by atomic mass is 10.1. The minimum absolute atomic E-state index is 0.527. The average Bonchev–Trinajstić information content (AvgIpc) is 2.26. The molecule has 1 aromatic rings. The van der Waals surface area contributed by atoms with Gasteiger partial charge < -0.3 is 9.94 Å². The zero-order chi connectivity index (χ0) is 11.3. The summed E-state index contributed by atoms with van der Waals surface area (Å²) in [6, 6.07) is 5.32.